The Hall–Kier alpha value is -4.86. The number of nitrogen functional groups attached to an aromatic ring is 1. The second-order valence-corrected chi connectivity index (χ2v) is 14.5. The standard InChI is InChI=1S/C29H34N8O11S2/c1-29(2,27(45)46)48-34-19(15-13-50-28(30)32-15)23(41)33-20-24(42)36-21(26(43)44)14(12-49-25(20)36)11-37(6-3-4-7-37)8-5-31-22(40)16-9-17(38)18(39)10-35(16)47/h9,13,20,25,47H,3-8,10-12H2,1-2H3,(H5-,30,31,32,33,40,41,43,44,45,46)/p+1/b34-19+/t20-,25-/m1/s1. The number of carbonyl (C=O) groups excluding carboxylic acids is 5. The zero-order valence-electron chi connectivity index (χ0n) is 26.9. The van der Waals surface area contributed by atoms with E-state index in [0.29, 0.717) is 34.8 Å². The highest BCUT2D eigenvalue weighted by Crippen LogP contribution is 2.41. The number of oxime groups is 1. The van der Waals surface area contributed by atoms with E-state index in [-0.39, 0.29) is 41.1 Å². The Kier molecular flexibility index (Phi) is 10.3. The van der Waals surface area contributed by atoms with Gasteiger partial charge in [0, 0.05) is 35.6 Å². The molecule has 0 spiro atoms. The van der Waals surface area contributed by atoms with Crippen LogP contribution in [0.15, 0.2) is 33.6 Å². The SMILES string of the molecule is CC(C)(O/N=C(/C(=O)N[C@@H]1C(=O)N2C(C(=O)O)=C(C[N+]3(CCNC(=O)C4=CC(=O)C(=O)CN4O)CCCC3)CS[C@H]12)c1csc(N)n1)C(=O)O. The highest BCUT2D eigenvalue weighted by molar-refractivity contribution is 8.00. The van der Waals surface area contributed by atoms with Gasteiger partial charge in [0.05, 0.1) is 26.2 Å². The number of hydrogen-bond donors (Lipinski definition) is 6. The zero-order chi connectivity index (χ0) is 36.5. The molecular formula is C29H35N8O11S2+. The molecule has 4 aliphatic rings. The molecule has 0 aliphatic carbocycles. The Morgan fingerprint density at radius 1 is 1.18 bits per heavy atom. The zero-order valence-corrected chi connectivity index (χ0v) is 28.5. The summed E-state index contributed by atoms with van der Waals surface area (Å²) in [5.74, 6) is -6.48. The molecule has 21 heteroatoms. The lowest BCUT2D eigenvalue weighted by Gasteiger charge is -2.50. The van der Waals surface area contributed by atoms with Crippen LogP contribution in [0.4, 0.5) is 5.13 Å². The summed E-state index contributed by atoms with van der Waals surface area (Å²) in [5, 5.41) is 39.7. The summed E-state index contributed by atoms with van der Waals surface area (Å²) in [6, 6.07) is -1.13. The number of nitrogens with zero attached hydrogens (tertiary/aromatic N) is 5. The number of rotatable bonds is 13. The number of carboxylic acids is 2. The molecule has 0 aromatic carbocycles. The predicted molar refractivity (Wildman–Crippen MR) is 174 cm³/mol. The molecule has 19 nitrogen and oxygen atoms in total. The lowest BCUT2D eigenvalue weighted by atomic mass is 10.0. The van der Waals surface area contributed by atoms with Crippen molar-refractivity contribution in [1.29, 1.82) is 0 Å². The van der Waals surface area contributed by atoms with Crippen molar-refractivity contribution in [3.63, 3.8) is 0 Å². The van der Waals surface area contributed by atoms with Crippen molar-refractivity contribution in [3.05, 3.63) is 34.1 Å². The number of amides is 3. The minimum atomic E-state index is -1.80. The number of hydroxylamine groups is 2. The van der Waals surface area contributed by atoms with Gasteiger partial charge < -0.3 is 35.9 Å². The number of quaternary nitrogens is 1. The molecule has 4 aliphatic heterocycles. The van der Waals surface area contributed by atoms with Gasteiger partial charge in [-0.25, -0.2) is 19.6 Å². The number of anilines is 1. The van der Waals surface area contributed by atoms with Crippen LogP contribution in [0.3, 0.4) is 0 Å². The van der Waals surface area contributed by atoms with E-state index in [0.717, 1.165) is 35.2 Å². The van der Waals surface area contributed by atoms with E-state index in [1.54, 1.807) is 0 Å². The maximum atomic E-state index is 13.4. The van der Waals surface area contributed by atoms with Crippen LogP contribution in [0.5, 0.6) is 0 Å². The summed E-state index contributed by atoms with van der Waals surface area (Å²) in [5.41, 5.74) is 3.45. The van der Waals surface area contributed by atoms with Gasteiger partial charge in [0.15, 0.2) is 10.8 Å². The molecular weight excluding hydrogens is 700 g/mol. The number of β-lactam (4-membered cyclic amide) rings is 1. The second kappa shape index (κ2) is 14.2. The van der Waals surface area contributed by atoms with Crippen molar-refractivity contribution in [2.45, 2.75) is 43.7 Å². The number of Topliss-reactive ketones (excluding diaryl/α,β-unsaturated/α-hetero) is 1. The highest BCUT2D eigenvalue weighted by Gasteiger charge is 2.55. The number of likely N-dealkylation sites (tertiary alicyclic amines) is 1. The number of aromatic nitrogens is 1. The molecule has 2 saturated heterocycles. The van der Waals surface area contributed by atoms with Crippen LogP contribution in [0.2, 0.25) is 0 Å². The van der Waals surface area contributed by atoms with Crippen LogP contribution >= 0.6 is 23.1 Å². The molecule has 0 unspecified atom stereocenters. The molecule has 2 fully saturated rings. The number of thioether (sulfide) groups is 1. The van der Waals surface area contributed by atoms with E-state index in [9.17, 15) is 49.0 Å². The molecule has 50 heavy (non-hydrogen) atoms. The van der Waals surface area contributed by atoms with Gasteiger partial charge in [0.1, 0.15) is 41.6 Å². The first-order chi connectivity index (χ1) is 23.5. The van der Waals surface area contributed by atoms with Gasteiger partial charge in [0.25, 0.3) is 17.7 Å². The fraction of sp³-hybridized carbons (Fsp3) is 0.483. The van der Waals surface area contributed by atoms with Crippen LogP contribution in [-0.4, -0.2) is 144 Å². The van der Waals surface area contributed by atoms with Crippen molar-refractivity contribution in [2.75, 3.05) is 50.8 Å². The number of carbonyl (C=O) groups is 7. The third-order valence-corrected chi connectivity index (χ3v) is 10.7. The minimum absolute atomic E-state index is 0.0110. The van der Waals surface area contributed by atoms with Crippen molar-refractivity contribution >= 4 is 75.2 Å². The van der Waals surface area contributed by atoms with Crippen LogP contribution in [0.25, 0.3) is 0 Å². The topological polar surface area (TPSA) is 271 Å². The van der Waals surface area contributed by atoms with E-state index in [1.807, 2.05) is 0 Å². The molecule has 1 aromatic rings. The van der Waals surface area contributed by atoms with Crippen LogP contribution in [-0.2, 0) is 38.4 Å². The molecule has 268 valence electrons. The molecule has 5 heterocycles. The Labute approximate surface area is 292 Å². The molecule has 1 aromatic heterocycles. The first-order valence-corrected chi connectivity index (χ1v) is 17.3. The maximum absolute atomic E-state index is 13.4. The van der Waals surface area contributed by atoms with Crippen molar-refractivity contribution in [2.24, 2.45) is 5.16 Å². The second-order valence-electron chi connectivity index (χ2n) is 12.5. The van der Waals surface area contributed by atoms with E-state index in [2.05, 4.69) is 20.8 Å². The van der Waals surface area contributed by atoms with Crippen molar-refractivity contribution in [1.82, 2.24) is 25.6 Å². The summed E-state index contributed by atoms with van der Waals surface area (Å²) >= 11 is 2.27. The smallest absolute Gasteiger partial charge is 0.352 e. The summed E-state index contributed by atoms with van der Waals surface area (Å²) in [7, 11) is 0. The van der Waals surface area contributed by atoms with E-state index < -0.39 is 70.5 Å². The summed E-state index contributed by atoms with van der Waals surface area (Å²) in [6.07, 6.45) is 2.48. The lowest BCUT2D eigenvalue weighted by molar-refractivity contribution is -0.911. The largest absolute Gasteiger partial charge is 0.478 e. The van der Waals surface area contributed by atoms with Crippen LogP contribution < -0.4 is 16.4 Å². The number of hydrogen-bond acceptors (Lipinski definition) is 15. The number of nitrogens with one attached hydrogen (secondary N) is 2. The number of carboxylic acid groups (broad SMARTS) is 2. The lowest BCUT2D eigenvalue weighted by Crippen LogP contribution is -2.71. The Morgan fingerprint density at radius 3 is 2.50 bits per heavy atom. The van der Waals surface area contributed by atoms with Crippen molar-refractivity contribution < 1.29 is 58.3 Å². The number of fused-ring (bicyclic) bond motifs is 1. The summed E-state index contributed by atoms with van der Waals surface area (Å²) in [6.45, 7) is 3.97. The average molecular weight is 736 g/mol. The Balaban J connectivity index is 1.29. The van der Waals surface area contributed by atoms with E-state index in [1.165, 1.54) is 31.0 Å². The fourth-order valence-electron chi connectivity index (χ4n) is 5.94. The summed E-state index contributed by atoms with van der Waals surface area (Å²) in [4.78, 5) is 97.1. The molecule has 3 amide bonds. The number of ketones is 2. The van der Waals surface area contributed by atoms with Gasteiger partial charge >= 0.3 is 11.9 Å². The highest BCUT2D eigenvalue weighted by atomic mass is 32.2. The summed E-state index contributed by atoms with van der Waals surface area (Å²) < 4.78 is 0.419. The van der Waals surface area contributed by atoms with Gasteiger partial charge in [-0.1, -0.05) is 5.16 Å². The van der Waals surface area contributed by atoms with Crippen LogP contribution in [0, 0.1) is 0 Å². The quantitative estimate of drug-likeness (QED) is 0.0443. The minimum Gasteiger partial charge on any atom is -0.478 e. The first-order valence-electron chi connectivity index (χ1n) is 15.3. The van der Waals surface area contributed by atoms with Gasteiger partial charge in [-0.05, 0) is 13.8 Å². The number of aliphatic carboxylic acids is 2. The predicted octanol–water partition coefficient (Wildman–Crippen LogP) is -1.50. The van der Waals surface area contributed by atoms with Crippen molar-refractivity contribution in [3.8, 4) is 0 Å². The Bertz CT molecular complexity index is 1750. The average Bonchev–Trinajstić information content (AvgIpc) is 3.70. The maximum Gasteiger partial charge on any atom is 0.352 e. The number of nitrogens with two attached hydrogens (primary N) is 1. The van der Waals surface area contributed by atoms with Crippen LogP contribution in [0.1, 0.15) is 32.4 Å². The molecule has 7 N–H and O–H groups in total. The molecule has 0 radical (unpaired) electrons. The molecule has 0 bridgehead atoms. The number of allylic oxidation sites excluding steroid dienone is 1. The Morgan fingerprint density at radius 2 is 1.88 bits per heavy atom. The fourth-order valence-corrected chi connectivity index (χ4v) is 7.83. The van der Waals surface area contributed by atoms with E-state index >= 15 is 0 Å². The van der Waals surface area contributed by atoms with Gasteiger partial charge in [-0.15, -0.1) is 23.1 Å². The first kappa shape index (κ1) is 36.4. The monoisotopic (exact) mass is 735 g/mol. The van der Waals surface area contributed by atoms with Gasteiger partial charge in [-0.3, -0.25) is 34.1 Å². The third kappa shape index (κ3) is 7.34. The van der Waals surface area contributed by atoms with Gasteiger partial charge in [-0.2, -0.15) is 0 Å². The molecule has 0 saturated carbocycles. The molecule has 2 atom stereocenters. The molecule has 5 rings (SSSR count). The normalized spacial score (nSPS) is 22.1. The van der Waals surface area contributed by atoms with Gasteiger partial charge in [0.2, 0.25) is 17.2 Å². The number of thiazole rings is 1. The van der Waals surface area contributed by atoms with E-state index in [4.69, 9.17) is 10.6 Å². The third-order valence-electron chi connectivity index (χ3n) is 8.66.